The number of aliphatic hydroxyl groups is 3. The third kappa shape index (κ3) is 2.07. The molecule has 3 N–H and O–H groups in total. The number of rotatable bonds is 2. The summed E-state index contributed by atoms with van der Waals surface area (Å²) in [6.07, 6.45) is -9.00. The largest absolute Gasteiger partial charge is 0.486 e. The molecule has 0 aromatic heterocycles. The Balaban J connectivity index is 1.54. The highest BCUT2D eigenvalue weighted by molar-refractivity contribution is 5.94. The van der Waals surface area contributed by atoms with Crippen molar-refractivity contribution in [2.45, 2.75) is 82.6 Å². The first-order valence-corrected chi connectivity index (χ1v) is 12.8. The highest BCUT2D eigenvalue weighted by Crippen LogP contribution is 2.84. The van der Waals surface area contributed by atoms with Gasteiger partial charge >= 0.3 is 17.9 Å². The van der Waals surface area contributed by atoms with Crippen molar-refractivity contribution < 1.29 is 53.4 Å². The summed E-state index contributed by atoms with van der Waals surface area (Å²) in [6.45, 7) is 8.94. The van der Waals surface area contributed by atoms with Crippen molar-refractivity contribution in [3.05, 3.63) is 29.8 Å². The molecule has 204 valence electrons. The first-order chi connectivity index (χ1) is 17.7. The Bertz CT molecular complexity index is 1290. The Hall–Kier alpha value is -2.73. The quantitative estimate of drug-likeness (QED) is 0.349. The van der Waals surface area contributed by atoms with Crippen LogP contribution in [0.3, 0.4) is 0 Å². The van der Waals surface area contributed by atoms with Crippen LogP contribution in [0.2, 0.25) is 0 Å². The van der Waals surface area contributed by atoms with Crippen LogP contribution in [0.1, 0.15) is 33.3 Å². The van der Waals surface area contributed by atoms with E-state index in [4.69, 9.17) is 23.7 Å². The summed E-state index contributed by atoms with van der Waals surface area (Å²) in [5, 5.41) is 36.0. The standard InChI is InChI=1S/C27H30O11/c1-10-6-8-12(9-7-10)34-13-14(23(3,4)5)24-16(29)20(31)37-22(24)38-27-21(32)36-17(13)25(24,27)15(28)18-26(27,33)11(2)19(30)35-18/h6-9,11,13-18,22,28-29,33H,1-5H3/t11-,13-,14+,15+,16+,17+,18+,22+,24+,25-,26-,27+/m1/s1. The second-order valence-corrected chi connectivity index (χ2v) is 12.7. The number of aryl methyl sites for hydroxylation is 1. The molecule has 1 aromatic rings. The number of carbonyl (C=O) groups excluding carboxylic acids is 3. The molecular formula is C27H30O11. The fraction of sp³-hybridized carbons (Fsp3) is 0.667. The topological polar surface area (TPSA) is 158 Å². The van der Waals surface area contributed by atoms with E-state index in [0.29, 0.717) is 5.75 Å². The maximum atomic E-state index is 13.9. The number of fused-ring (bicyclic) bond motifs is 1. The Morgan fingerprint density at radius 3 is 2.24 bits per heavy atom. The molecule has 4 aliphatic heterocycles. The van der Waals surface area contributed by atoms with Gasteiger partial charge in [-0.15, -0.1) is 0 Å². The molecule has 0 amide bonds. The predicted molar refractivity (Wildman–Crippen MR) is 123 cm³/mol. The van der Waals surface area contributed by atoms with Gasteiger partial charge in [0, 0.05) is 5.92 Å². The number of carbonyl (C=O) groups is 3. The molecule has 0 unspecified atom stereocenters. The van der Waals surface area contributed by atoms with E-state index in [1.165, 1.54) is 6.92 Å². The molecule has 2 aliphatic carbocycles. The molecule has 11 heteroatoms. The molecule has 4 heterocycles. The lowest BCUT2D eigenvalue weighted by Gasteiger charge is -2.47. The Morgan fingerprint density at radius 1 is 0.947 bits per heavy atom. The number of aliphatic hydroxyl groups excluding tert-OH is 2. The van der Waals surface area contributed by atoms with Crippen molar-refractivity contribution in [2.75, 3.05) is 0 Å². The van der Waals surface area contributed by atoms with Crippen LogP contribution in [-0.4, -0.2) is 81.2 Å². The van der Waals surface area contributed by atoms with Gasteiger partial charge in [-0.3, -0.25) is 4.79 Å². The van der Waals surface area contributed by atoms with Crippen LogP contribution in [-0.2, 0) is 33.3 Å². The van der Waals surface area contributed by atoms with Crippen molar-refractivity contribution in [2.24, 2.45) is 28.1 Å². The minimum absolute atomic E-state index is 0.444. The first-order valence-electron chi connectivity index (χ1n) is 12.8. The third-order valence-corrected chi connectivity index (χ3v) is 10.2. The van der Waals surface area contributed by atoms with Gasteiger partial charge in [-0.2, -0.15) is 0 Å². The average Bonchev–Trinajstić information content (AvgIpc) is 3.54. The molecular weight excluding hydrogens is 500 g/mol. The number of hydrogen-bond acceptors (Lipinski definition) is 11. The predicted octanol–water partition coefficient (Wildman–Crippen LogP) is -0.00358. The maximum absolute atomic E-state index is 13.9. The lowest BCUT2D eigenvalue weighted by molar-refractivity contribution is -0.240. The van der Waals surface area contributed by atoms with Gasteiger partial charge in [0.15, 0.2) is 23.9 Å². The van der Waals surface area contributed by atoms with E-state index in [-0.39, 0.29) is 0 Å². The minimum Gasteiger partial charge on any atom is -0.486 e. The van der Waals surface area contributed by atoms with E-state index in [2.05, 4.69) is 0 Å². The normalized spacial score (nSPS) is 51.7. The van der Waals surface area contributed by atoms with E-state index in [0.717, 1.165) is 5.56 Å². The van der Waals surface area contributed by atoms with E-state index in [1.807, 2.05) is 39.8 Å². The molecule has 0 bridgehead atoms. The van der Waals surface area contributed by atoms with Crippen LogP contribution in [0.25, 0.3) is 0 Å². The van der Waals surface area contributed by atoms with Gasteiger partial charge in [0.05, 0.1) is 16.7 Å². The van der Waals surface area contributed by atoms with Crippen molar-refractivity contribution in [3.8, 4) is 5.75 Å². The lowest BCUT2D eigenvalue weighted by atomic mass is 9.51. The van der Waals surface area contributed by atoms with Crippen LogP contribution >= 0.6 is 0 Å². The summed E-state index contributed by atoms with van der Waals surface area (Å²) in [7, 11) is 0. The van der Waals surface area contributed by atoms with Gasteiger partial charge in [0.25, 0.3) is 0 Å². The fourth-order valence-electron chi connectivity index (χ4n) is 9.13. The molecule has 12 atom stereocenters. The molecule has 6 aliphatic rings. The van der Waals surface area contributed by atoms with Gasteiger partial charge in [-0.1, -0.05) is 38.5 Å². The summed E-state index contributed by atoms with van der Waals surface area (Å²) in [4.78, 5) is 39.6. The van der Waals surface area contributed by atoms with Gasteiger partial charge < -0.3 is 39.0 Å². The van der Waals surface area contributed by atoms with Crippen LogP contribution in [0, 0.1) is 35.0 Å². The molecule has 1 aromatic carbocycles. The summed E-state index contributed by atoms with van der Waals surface area (Å²) < 4.78 is 29.8. The zero-order valence-electron chi connectivity index (χ0n) is 21.5. The lowest BCUT2D eigenvalue weighted by Crippen LogP contribution is -2.67. The molecule has 4 saturated heterocycles. The highest BCUT2D eigenvalue weighted by Gasteiger charge is 3.05. The monoisotopic (exact) mass is 530 g/mol. The summed E-state index contributed by atoms with van der Waals surface area (Å²) in [5.41, 5.74) is -8.22. The molecule has 38 heavy (non-hydrogen) atoms. The SMILES string of the molecule is Cc1ccc(O[C@@H]2[C@@H](C(C)(C)C)[C@@]34[C@@H](OC(=O)[C@@H]3O)O[C@@]35C(=O)O[C@@H]2[C@]43[C@@H](O)[C@@H]2OC(=O)[C@@H](C)[C@@]25O)cc1. The van der Waals surface area contributed by atoms with E-state index >= 15 is 0 Å². The summed E-state index contributed by atoms with van der Waals surface area (Å²) >= 11 is 0. The Labute approximate surface area is 217 Å². The van der Waals surface area contributed by atoms with Gasteiger partial charge in [-0.25, -0.2) is 9.59 Å². The highest BCUT2D eigenvalue weighted by atomic mass is 16.8. The maximum Gasteiger partial charge on any atom is 0.343 e. The fourth-order valence-corrected chi connectivity index (χ4v) is 9.13. The zero-order chi connectivity index (χ0) is 27.4. The van der Waals surface area contributed by atoms with E-state index in [1.54, 1.807) is 12.1 Å². The van der Waals surface area contributed by atoms with Crippen LogP contribution in [0.5, 0.6) is 5.75 Å². The third-order valence-electron chi connectivity index (χ3n) is 10.2. The smallest absolute Gasteiger partial charge is 0.343 e. The number of hydrogen-bond donors (Lipinski definition) is 3. The molecule has 7 rings (SSSR count). The van der Waals surface area contributed by atoms with Crippen LogP contribution in [0.4, 0.5) is 0 Å². The second kappa shape index (κ2) is 6.70. The van der Waals surface area contributed by atoms with Gasteiger partial charge in [0.2, 0.25) is 11.9 Å². The Kier molecular flexibility index (Phi) is 4.29. The molecule has 2 spiro atoms. The van der Waals surface area contributed by atoms with Gasteiger partial charge in [0.1, 0.15) is 18.0 Å². The average molecular weight is 531 g/mol. The second-order valence-electron chi connectivity index (χ2n) is 12.7. The Morgan fingerprint density at radius 2 is 1.61 bits per heavy atom. The van der Waals surface area contributed by atoms with E-state index in [9.17, 15) is 29.7 Å². The molecule has 6 fully saturated rings. The number of benzene rings is 1. The number of esters is 3. The minimum atomic E-state index is -2.37. The molecule has 0 radical (unpaired) electrons. The number of ether oxygens (including phenoxy) is 5. The van der Waals surface area contributed by atoms with Crippen molar-refractivity contribution in [3.63, 3.8) is 0 Å². The van der Waals surface area contributed by atoms with Crippen molar-refractivity contribution >= 4 is 17.9 Å². The first kappa shape index (κ1) is 24.3. The molecule has 2 saturated carbocycles. The van der Waals surface area contributed by atoms with Crippen LogP contribution in [0.15, 0.2) is 24.3 Å². The zero-order valence-corrected chi connectivity index (χ0v) is 21.5. The molecule has 11 nitrogen and oxygen atoms in total. The summed E-state index contributed by atoms with van der Waals surface area (Å²) in [5.74, 6) is -4.48. The summed E-state index contributed by atoms with van der Waals surface area (Å²) in [6, 6.07) is 7.20. The van der Waals surface area contributed by atoms with Crippen molar-refractivity contribution in [1.82, 2.24) is 0 Å². The van der Waals surface area contributed by atoms with Crippen LogP contribution < -0.4 is 4.74 Å². The van der Waals surface area contributed by atoms with Crippen molar-refractivity contribution in [1.29, 1.82) is 0 Å². The van der Waals surface area contributed by atoms with E-state index < -0.39 is 94.0 Å². The van der Waals surface area contributed by atoms with Gasteiger partial charge in [-0.05, 0) is 31.4 Å².